The van der Waals surface area contributed by atoms with Crippen molar-refractivity contribution >= 4 is 0 Å². The smallest absolute Gasteiger partial charge is 0.120 e. The van der Waals surface area contributed by atoms with E-state index in [0.717, 1.165) is 17.2 Å². The zero-order valence-electron chi connectivity index (χ0n) is 16.6. The van der Waals surface area contributed by atoms with Gasteiger partial charge in [-0.3, -0.25) is 4.98 Å². The molecule has 0 amide bonds. The first-order chi connectivity index (χ1) is 12.6. The predicted octanol–water partition coefficient (Wildman–Crippen LogP) is 6.90. The number of hydrogen-bond acceptors (Lipinski definition) is 2. The Morgan fingerprint density at radius 2 is 1.81 bits per heavy atom. The van der Waals surface area contributed by atoms with Gasteiger partial charge in [-0.1, -0.05) is 51.8 Å². The highest BCUT2D eigenvalue weighted by Gasteiger charge is 2.33. The van der Waals surface area contributed by atoms with Gasteiger partial charge in [0.15, 0.2) is 0 Å². The fourth-order valence-electron chi connectivity index (χ4n) is 4.27. The van der Waals surface area contributed by atoms with E-state index in [-0.39, 0.29) is 0 Å². The number of benzene rings is 1. The molecule has 0 atom stereocenters. The molecule has 1 heterocycles. The first-order valence-corrected chi connectivity index (χ1v) is 10.3. The zero-order valence-corrected chi connectivity index (χ0v) is 16.6. The Balaban J connectivity index is 1.57. The van der Waals surface area contributed by atoms with E-state index in [4.69, 9.17) is 4.74 Å². The molecule has 2 aromatic rings. The van der Waals surface area contributed by atoms with Gasteiger partial charge >= 0.3 is 0 Å². The van der Waals surface area contributed by atoms with Crippen molar-refractivity contribution in [1.29, 1.82) is 0 Å². The van der Waals surface area contributed by atoms with Crippen LogP contribution in [-0.2, 0) is 0 Å². The van der Waals surface area contributed by atoms with E-state index in [0.29, 0.717) is 11.5 Å². The van der Waals surface area contributed by atoms with Gasteiger partial charge in [-0.15, -0.1) is 0 Å². The van der Waals surface area contributed by atoms with Gasteiger partial charge in [0.2, 0.25) is 0 Å². The second kappa shape index (κ2) is 8.70. The molecule has 1 aliphatic rings. The van der Waals surface area contributed by atoms with Gasteiger partial charge in [0.1, 0.15) is 5.75 Å². The van der Waals surface area contributed by atoms with Gasteiger partial charge in [0, 0.05) is 18.0 Å². The second-order valence-corrected chi connectivity index (χ2v) is 8.45. The minimum Gasteiger partial charge on any atom is -0.490 e. The van der Waals surface area contributed by atoms with Crippen LogP contribution < -0.4 is 4.74 Å². The minimum atomic E-state index is 0.359. The largest absolute Gasteiger partial charge is 0.490 e. The fourth-order valence-corrected chi connectivity index (χ4v) is 4.27. The molecule has 0 saturated heterocycles. The number of pyridine rings is 1. The van der Waals surface area contributed by atoms with Crippen molar-refractivity contribution in [3.05, 3.63) is 48.8 Å². The monoisotopic (exact) mass is 351 g/mol. The molecule has 140 valence electrons. The van der Waals surface area contributed by atoms with Gasteiger partial charge in [-0.25, -0.2) is 0 Å². The highest BCUT2D eigenvalue weighted by molar-refractivity contribution is 5.63. The topological polar surface area (TPSA) is 22.1 Å². The van der Waals surface area contributed by atoms with E-state index in [2.05, 4.69) is 56.1 Å². The van der Waals surface area contributed by atoms with Crippen LogP contribution in [0.25, 0.3) is 11.1 Å². The van der Waals surface area contributed by atoms with Crippen LogP contribution in [-0.4, -0.2) is 11.1 Å². The average Bonchev–Trinajstić information content (AvgIpc) is 2.68. The summed E-state index contributed by atoms with van der Waals surface area (Å²) in [6, 6.07) is 12.5. The molecule has 0 aliphatic heterocycles. The normalized spacial score (nSPS) is 20.7. The van der Waals surface area contributed by atoms with Gasteiger partial charge in [0.25, 0.3) is 0 Å². The number of nitrogens with zero attached hydrogens (tertiary/aromatic N) is 1. The van der Waals surface area contributed by atoms with Crippen molar-refractivity contribution in [2.45, 2.75) is 71.8 Å². The Bertz CT molecular complexity index is 672. The molecule has 1 aromatic carbocycles. The van der Waals surface area contributed by atoms with Crippen molar-refractivity contribution in [1.82, 2.24) is 4.98 Å². The molecule has 26 heavy (non-hydrogen) atoms. The van der Waals surface area contributed by atoms with Crippen LogP contribution in [0.15, 0.2) is 48.8 Å². The van der Waals surface area contributed by atoms with Crippen molar-refractivity contribution < 1.29 is 4.74 Å². The summed E-state index contributed by atoms with van der Waals surface area (Å²) in [7, 11) is 0. The summed E-state index contributed by atoms with van der Waals surface area (Å²) in [5.41, 5.74) is 2.78. The molecule has 1 fully saturated rings. The average molecular weight is 352 g/mol. The summed E-state index contributed by atoms with van der Waals surface area (Å²) in [5, 5.41) is 0. The number of rotatable bonds is 7. The lowest BCUT2D eigenvalue weighted by atomic mass is 9.68. The quantitative estimate of drug-likeness (QED) is 0.541. The first kappa shape index (κ1) is 18.9. The van der Waals surface area contributed by atoms with Crippen molar-refractivity contribution in [2.24, 2.45) is 11.3 Å². The first-order valence-electron chi connectivity index (χ1n) is 10.3. The summed E-state index contributed by atoms with van der Waals surface area (Å²) in [6.07, 6.45) is 13.0. The number of unbranched alkanes of at least 4 members (excludes halogenated alkanes) is 1. The molecule has 3 rings (SSSR count). The van der Waals surface area contributed by atoms with E-state index >= 15 is 0 Å². The Morgan fingerprint density at radius 3 is 2.50 bits per heavy atom. The molecule has 0 radical (unpaired) electrons. The zero-order chi connectivity index (χ0) is 18.4. The summed E-state index contributed by atoms with van der Waals surface area (Å²) < 4.78 is 6.34. The Labute approximate surface area is 159 Å². The van der Waals surface area contributed by atoms with E-state index in [1.54, 1.807) is 0 Å². The van der Waals surface area contributed by atoms with Crippen LogP contribution in [0.5, 0.6) is 5.75 Å². The fraction of sp³-hybridized carbons (Fsp3) is 0.542. The maximum atomic E-state index is 6.34. The van der Waals surface area contributed by atoms with Crippen LogP contribution in [0.3, 0.4) is 0 Å². The molecule has 0 spiro atoms. The van der Waals surface area contributed by atoms with Crippen LogP contribution >= 0.6 is 0 Å². The van der Waals surface area contributed by atoms with Crippen molar-refractivity contribution in [3.63, 3.8) is 0 Å². The summed E-state index contributed by atoms with van der Waals surface area (Å²) in [5.74, 6) is 1.83. The molecule has 1 aliphatic carbocycles. The number of ether oxygens (including phenoxy) is 1. The molecule has 1 aromatic heterocycles. The lowest BCUT2D eigenvalue weighted by Crippen LogP contribution is -2.32. The van der Waals surface area contributed by atoms with E-state index < -0.39 is 0 Å². The van der Waals surface area contributed by atoms with Gasteiger partial charge in [-0.2, -0.15) is 0 Å². The standard InChI is InChI=1S/C24H33NO/c1-4-5-15-24(2,3)21-11-13-22(14-12-21)26-23-10-6-8-19(17-23)20-9-7-16-25-18-20/h6-10,16-18,21-22H,4-5,11-15H2,1-3H3. The van der Waals surface area contributed by atoms with Gasteiger partial charge in [-0.05, 0) is 67.2 Å². The molecule has 1 saturated carbocycles. The molecule has 0 N–H and O–H groups in total. The Kier molecular flexibility index (Phi) is 6.34. The lowest BCUT2D eigenvalue weighted by molar-refractivity contribution is 0.0742. The summed E-state index contributed by atoms with van der Waals surface area (Å²) >= 11 is 0. The summed E-state index contributed by atoms with van der Waals surface area (Å²) in [6.45, 7) is 7.22. The third-order valence-corrected chi connectivity index (χ3v) is 6.09. The molecule has 0 unspecified atom stereocenters. The third-order valence-electron chi connectivity index (χ3n) is 6.09. The van der Waals surface area contributed by atoms with Gasteiger partial charge < -0.3 is 4.74 Å². The predicted molar refractivity (Wildman–Crippen MR) is 109 cm³/mol. The van der Waals surface area contributed by atoms with Crippen LogP contribution in [0.1, 0.15) is 65.7 Å². The minimum absolute atomic E-state index is 0.359. The van der Waals surface area contributed by atoms with Crippen LogP contribution in [0.2, 0.25) is 0 Å². The lowest BCUT2D eigenvalue weighted by Gasteiger charge is -2.39. The number of hydrogen-bond donors (Lipinski definition) is 0. The molecule has 2 heteroatoms. The Hall–Kier alpha value is -1.83. The van der Waals surface area contributed by atoms with Crippen molar-refractivity contribution in [3.8, 4) is 16.9 Å². The SMILES string of the molecule is CCCCC(C)(C)C1CCC(Oc2cccc(-c3cccnc3)c2)CC1. The second-order valence-electron chi connectivity index (χ2n) is 8.45. The Morgan fingerprint density at radius 1 is 1.04 bits per heavy atom. The van der Waals surface area contributed by atoms with Crippen LogP contribution in [0.4, 0.5) is 0 Å². The highest BCUT2D eigenvalue weighted by atomic mass is 16.5. The molecular weight excluding hydrogens is 318 g/mol. The highest BCUT2D eigenvalue weighted by Crippen LogP contribution is 2.42. The number of aromatic nitrogens is 1. The maximum absolute atomic E-state index is 6.34. The van der Waals surface area contributed by atoms with Crippen molar-refractivity contribution in [2.75, 3.05) is 0 Å². The van der Waals surface area contributed by atoms with Crippen LogP contribution in [0, 0.1) is 11.3 Å². The van der Waals surface area contributed by atoms with E-state index in [1.807, 2.05) is 18.5 Å². The van der Waals surface area contributed by atoms with Gasteiger partial charge in [0.05, 0.1) is 6.10 Å². The summed E-state index contributed by atoms with van der Waals surface area (Å²) in [4.78, 5) is 4.22. The van der Waals surface area contributed by atoms with E-state index in [1.165, 1.54) is 50.5 Å². The third kappa shape index (κ3) is 4.87. The maximum Gasteiger partial charge on any atom is 0.120 e. The molecule has 0 bridgehead atoms. The molecular formula is C24H33NO. The molecule has 2 nitrogen and oxygen atoms in total. The van der Waals surface area contributed by atoms with E-state index in [9.17, 15) is 0 Å².